The van der Waals surface area contributed by atoms with Gasteiger partial charge < -0.3 is 18.9 Å². The lowest BCUT2D eigenvalue weighted by Gasteiger charge is -2.24. The molecule has 0 fully saturated rings. The first-order chi connectivity index (χ1) is 51.0. The van der Waals surface area contributed by atoms with Crippen LogP contribution in [0, 0.1) is 0 Å². The van der Waals surface area contributed by atoms with Crippen LogP contribution < -0.4 is 0 Å². The molecule has 0 aliphatic carbocycles. The standard InChI is InChI=1S/C94H168NO8P/c1-6-8-10-12-14-16-18-20-22-24-26-28-30-32-34-36-38-40-42-44-46-47-49-51-53-55-57-59-61-63-65-67-69-71-73-75-77-79-81-83-85-87-94(97)103-92(91-102-104(98,99)101-89-88-95(3,4)5)90-100-93(96)86-84-82-80-78-76-74-72-70-68-66-64-62-60-58-56-54-52-50-48-45-43-41-39-37-35-33-31-29-27-25-23-21-19-17-15-13-11-9-7-2/h8,10,14,16,20,22,26,28,32,34,38,40,44,46,49,51,55,57,61,63,92H,6-7,9,11-13,15,17-19,21,23-25,27,29-31,33,35-37,39,41-43,45,47-48,50,52-54,56,58-60,62,64-91H2,1-5H3/p+1/b10-8-,16-14-,22-20-,28-26-,34-32-,40-38-,46-44-,51-49-,57-55-,63-61-. The Bertz CT molecular complexity index is 2180. The topological polar surface area (TPSA) is 108 Å². The predicted molar refractivity (Wildman–Crippen MR) is 454 cm³/mol. The van der Waals surface area contributed by atoms with Gasteiger partial charge in [0.15, 0.2) is 6.10 Å². The van der Waals surface area contributed by atoms with E-state index >= 15 is 0 Å². The van der Waals surface area contributed by atoms with E-state index in [1.165, 1.54) is 270 Å². The van der Waals surface area contributed by atoms with Crippen molar-refractivity contribution in [1.82, 2.24) is 0 Å². The van der Waals surface area contributed by atoms with E-state index in [4.69, 9.17) is 18.5 Å². The number of ether oxygens (including phenoxy) is 2. The zero-order chi connectivity index (χ0) is 75.4. The van der Waals surface area contributed by atoms with Crippen molar-refractivity contribution in [2.24, 2.45) is 0 Å². The Kier molecular flexibility index (Phi) is 80.6. The zero-order valence-corrected chi connectivity index (χ0v) is 69.9. The predicted octanol–water partition coefficient (Wildman–Crippen LogP) is 30.1. The fourth-order valence-corrected chi connectivity index (χ4v) is 13.6. The van der Waals surface area contributed by atoms with Crippen molar-refractivity contribution < 1.29 is 42.1 Å². The van der Waals surface area contributed by atoms with E-state index in [9.17, 15) is 19.0 Å². The van der Waals surface area contributed by atoms with E-state index in [1.54, 1.807) is 0 Å². The van der Waals surface area contributed by atoms with Crippen molar-refractivity contribution in [2.75, 3.05) is 47.5 Å². The van der Waals surface area contributed by atoms with E-state index in [0.29, 0.717) is 17.4 Å². The molecule has 0 aromatic carbocycles. The van der Waals surface area contributed by atoms with Crippen LogP contribution in [0.3, 0.4) is 0 Å². The second-order valence-electron chi connectivity index (χ2n) is 30.9. The minimum Gasteiger partial charge on any atom is -0.462 e. The molecule has 0 aliphatic rings. The summed E-state index contributed by atoms with van der Waals surface area (Å²) in [5, 5.41) is 0. The average Bonchev–Trinajstić information content (AvgIpc) is 0.920. The maximum absolute atomic E-state index is 12.9. The van der Waals surface area contributed by atoms with Gasteiger partial charge in [-0.3, -0.25) is 18.6 Å². The number of nitrogens with zero attached hydrogens (tertiary/aromatic N) is 1. The lowest BCUT2D eigenvalue weighted by atomic mass is 10.0. The van der Waals surface area contributed by atoms with Gasteiger partial charge in [0.25, 0.3) is 0 Å². The second-order valence-corrected chi connectivity index (χ2v) is 32.4. The van der Waals surface area contributed by atoms with Crippen molar-refractivity contribution >= 4 is 19.8 Å². The van der Waals surface area contributed by atoms with Crippen LogP contribution >= 0.6 is 7.82 Å². The van der Waals surface area contributed by atoms with Crippen molar-refractivity contribution in [2.45, 2.75) is 418 Å². The molecule has 2 unspecified atom stereocenters. The van der Waals surface area contributed by atoms with Gasteiger partial charge in [0.05, 0.1) is 27.7 Å². The molecule has 0 aliphatic heterocycles. The smallest absolute Gasteiger partial charge is 0.462 e. The summed E-state index contributed by atoms with van der Waals surface area (Å²) in [5.41, 5.74) is 0. The highest BCUT2D eigenvalue weighted by atomic mass is 31.2. The molecule has 9 nitrogen and oxygen atoms in total. The summed E-state index contributed by atoms with van der Waals surface area (Å²) in [6, 6.07) is 0. The normalized spacial score (nSPS) is 13.6. The highest BCUT2D eigenvalue weighted by molar-refractivity contribution is 7.47. The maximum atomic E-state index is 12.9. The minimum absolute atomic E-state index is 0.0280. The third kappa shape index (κ3) is 87.3. The van der Waals surface area contributed by atoms with Crippen LogP contribution in [0.15, 0.2) is 122 Å². The summed E-state index contributed by atoms with van der Waals surface area (Å²) in [7, 11) is 1.48. The average molecular weight is 1470 g/mol. The number of quaternary nitrogens is 1. The number of unbranched alkanes of at least 4 members (excludes halogenated alkanes) is 48. The molecule has 0 heterocycles. The molecule has 0 aromatic rings. The second kappa shape index (κ2) is 83.4. The molecule has 2 atom stereocenters. The molecule has 104 heavy (non-hydrogen) atoms. The van der Waals surface area contributed by atoms with Crippen molar-refractivity contribution in [3.63, 3.8) is 0 Å². The Morgan fingerprint density at radius 2 is 0.548 bits per heavy atom. The summed E-state index contributed by atoms with van der Waals surface area (Å²) >= 11 is 0. The Hall–Kier alpha value is -3.59. The fourth-order valence-electron chi connectivity index (χ4n) is 12.8. The van der Waals surface area contributed by atoms with E-state index < -0.39 is 26.5 Å². The SMILES string of the molecule is CC/C=C\C/C=C\C/C=C\C/C=C\C/C=C\C/C=C\C/C=C\C/C=C\C/C=C\C/C=C\CCCCCCCCCCCCC(=O)OC(COC(=O)CCCCCCCCCCCCCCCCCCCCCCCCCCCCCCCCCCCCCCCCC)COP(=O)(O)OCC[N+](C)(C)C. The van der Waals surface area contributed by atoms with Gasteiger partial charge in [0, 0.05) is 12.8 Å². The maximum Gasteiger partial charge on any atom is 0.472 e. The summed E-state index contributed by atoms with van der Waals surface area (Å²) in [4.78, 5) is 36.1. The zero-order valence-electron chi connectivity index (χ0n) is 69.0. The van der Waals surface area contributed by atoms with Gasteiger partial charge in [-0.2, -0.15) is 0 Å². The summed E-state index contributed by atoms with van der Waals surface area (Å²) in [6.07, 6.45) is 121. The van der Waals surface area contributed by atoms with Crippen molar-refractivity contribution in [1.29, 1.82) is 0 Å². The monoisotopic (exact) mass is 1470 g/mol. The van der Waals surface area contributed by atoms with Crippen LogP contribution in [-0.2, 0) is 32.7 Å². The van der Waals surface area contributed by atoms with Gasteiger partial charge >= 0.3 is 19.8 Å². The third-order valence-electron chi connectivity index (χ3n) is 19.5. The molecule has 0 saturated heterocycles. The molecule has 0 bridgehead atoms. The van der Waals surface area contributed by atoms with E-state index in [2.05, 4.69) is 135 Å². The first kappa shape index (κ1) is 100. The van der Waals surface area contributed by atoms with Crippen LogP contribution in [0.25, 0.3) is 0 Å². The van der Waals surface area contributed by atoms with Gasteiger partial charge in [0.1, 0.15) is 19.8 Å². The lowest BCUT2D eigenvalue weighted by Crippen LogP contribution is -2.37. The van der Waals surface area contributed by atoms with E-state index in [0.717, 1.165) is 109 Å². The summed E-state index contributed by atoms with van der Waals surface area (Å²) in [6.45, 7) is 4.37. The van der Waals surface area contributed by atoms with Gasteiger partial charge in [-0.1, -0.05) is 431 Å². The minimum atomic E-state index is -4.40. The number of likely N-dealkylation sites (N-methyl/N-ethyl adjacent to an activating group) is 1. The van der Waals surface area contributed by atoms with E-state index in [-0.39, 0.29) is 32.0 Å². The van der Waals surface area contributed by atoms with Crippen LogP contribution in [0.5, 0.6) is 0 Å². The molecule has 10 heteroatoms. The number of allylic oxidation sites excluding steroid dienone is 20. The summed E-state index contributed by atoms with van der Waals surface area (Å²) in [5.74, 6) is -0.790. The Morgan fingerprint density at radius 1 is 0.308 bits per heavy atom. The number of rotatable bonds is 82. The Balaban J connectivity index is 3.94. The number of hydrogen-bond acceptors (Lipinski definition) is 7. The largest absolute Gasteiger partial charge is 0.472 e. The Labute approximate surface area is 645 Å². The third-order valence-corrected chi connectivity index (χ3v) is 20.5. The number of phosphoric acid groups is 1. The number of esters is 2. The summed E-state index contributed by atoms with van der Waals surface area (Å²) < 4.78 is 34.9. The molecule has 1 N–H and O–H groups in total. The molecular formula is C94H169NO8P+. The van der Waals surface area contributed by atoms with Gasteiger partial charge in [-0.25, -0.2) is 4.57 Å². The molecule has 0 rings (SSSR count). The molecule has 0 amide bonds. The van der Waals surface area contributed by atoms with Crippen LogP contribution in [-0.4, -0.2) is 74.9 Å². The van der Waals surface area contributed by atoms with Gasteiger partial charge in [-0.05, 0) is 89.9 Å². The first-order valence-electron chi connectivity index (χ1n) is 44.3. The number of carbonyl (C=O) groups is 2. The quantitative estimate of drug-likeness (QED) is 0.0211. The van der Waals surface area contributed by atoms with Crippen LogP contribution in [0.2, 0.25) is 0 Å². The first-order valence-corrected chi connectivity index (χ1v) is 45.8. The number of carbonyl (C=O) groups excluding carboxylic acids is 2. The van der Waals surface area contributed by atoms with Crippen LogP contribution in [0.1, 0.15) is 412 Å². The molecule has 0 spiro atoms. The number of hydrogen-bond donors (Lipinski definition) is 1. The molecule has 602 valence electrons. The molecule has 0 radical (unpaired) electrons. The Morgan fingerprint density at radius 3 is 0.817 bits per heavy atom. The highest BCUT2D eigenvalue weighted by Gasteiger charge is 2.27. The lowest BCUT2D eigenvalue weighted by molar-refractivity contribution is -0.870. The van der Waals surface area contributed by atoms with Gasteiger partial charge in [0.2, 0.25) is 0 Å². The molecule has 0 aromatic heterocycles. The van der Waals surface area contributed by atoms with Crippen molar-refractivity contribution in [3.05, 3.63) is 122 Å². The van der Waals surface area contributed by atoms with E-state index in [1.807, 2.05) is 21.1 Å². The number of phosphoric ester groups is 1. The highest BCUT2D eigenvalue weighted by Crippen LogP contribution is 2.43. The van der Waals surface area contributed by atoms with Crippen LogP contribution in [0.4, 0.5) is 0 Å². The molecular weight excluding hydrogens is 1300 g/mol. The fraction of sp³-hybridized carbons (Fsp3) is 0.766. The van der Waals surface area contributed by atoms with Gasteiger partial charge in [-0.15, -0.1) is 0 Å². The van der Waals surface area contributed by atoms with Crippen molar-refractivity contribution in [3.8, 4) is 0 Å². The molecule has 0 saturated carbocycles.